The molecular weight excluding hydrogens is 401 g/mol. The number of piperidine rings is 2. The van der Waals surface area contributed by atoms with Crippen molar-refractivity contribution in [2.45, 2.75) is 63.1 Å². The molecule has 2 fully saturated rings. The molecule has 3 aliphatic rings. The van der Waals surface area contributed by atoms with Crippen molar-refractivity contribution in [3.8, 4) is 0 Å². The second-order valence-electron chi connectivity index (χ2n) is 8.04. The molecule has 3 unspecified atom stereocenters. The van der Waals surface area contributed by atoms with Crippen LogP contribution in [0.2, 0.25) is 0 Å². The lowest BCUT2D eigenvalue weighted by molar-refractivity contribution is -0.161. The number of benzene rings is 1. The van der Waals surface area contributed by atoms with Gasteiger partial charge in [0.25, 0.3) is 5.91 Å². The molecule has 0 bridgehead atoms. The van der Waals surface area contributed by atoms with Crippen molar-refractivity contribution in [1.29, 1.82) is 0 Å². The second-order valence-corrected chi connectivity index (χ2v) is 8.04. The number of carbonyl (C=O) groups is 3. The highest BCUT2D eigenvalue weighted by Crippen LogP contribution is 2.29. The largest absolute Gasteiger partial charge is 0.403 e. The first-order chi connectivity index (χ1) is 14.2. The first-order valence-corrected chi connectivity index (χ1v) is 10.0. The predicted octanol–water partition coefficient (Wildman–Crippen LogP) is 1.22. The van der Waals surface area contributed by atoms with Gasteiger partial charge in [0.2, 0.25) is 11.8 Å². The molecule has 4 rings (SSSR count). The van der Waals surface area contributed by atoms with Crippen molar-refractivity contribution in [2.24, 2.45) is 0 Å². The van der Waals surface area contributed by atoms with Gasteiger partial charge >= 0.3 is 6.18 Å². The summed E-state index contributed by atoms with van der Waals surface area (Å²) >= 11 is 0. The fourth-order valence-corrected chi connectivity index (χ4v) is 4.33. The Morgan fingerprint density at radius 1 is 1.17 bits per heavy atom. The monoisotopic (exact) mass is 424 g/mol. The highest BCUT2D eigenvalue weighted by atomic mass is 19.4. The van der Waals surface area contributed by atoms with Crippen LogP contribution >= 0.6 is 0 Å². The fraction of sp³-hybridized carbons (Fsp3) is 0.550. The quantitative estimate of drug-likeness (QED) is 0.633. The van der Waals surface area contributed by atoms with Crippen molar-refractivity contribution in [3.63, 3.8) is 0 Å². The molecule has 3 heterocycles. The van der Waals surface area contributed by atoms with Gasteiger partial charge in [-0.25, -0.2) is 0 Å². The van der Waals surface area contributed by atoms with E-state index in [4.69, 9.17) is 0 Å². The van der Waals surface area contributed by atoms with Crippen molar-refractivity contribution in [3.05, 3.63) is 34.9 Å². The van der Waals surface area contributed by atoms with Gasteiger partial charge in [0.15, 0.2) is 0 Å². The molecule has 2 saturated heterocycles. The highest BCUT2D eigenvalue weighted by molar-refractivity contribution is 6.05. The number of nitrogens with zero attached hydrogens (tertiary/aromatic N) is 1. The summed E-state index contributed by atoms with van der Waals surface area (Å²) in [6, 6.07) is 2.96. The molecule has 3 atom stereocenters. The molecule has 3 N–H and O–H groups in total. The van der Waals surface area contributed by atoms with Crippen molar-refractivity contribution < 1.29 is 27.6 Å². The molecule has 0 spiro atoms. The number of amides is 3. The maximum Gasteiger partial charge on any atom is 0.403 e. The Balaban J connectivity index is 1.39. The minimum Gasteiger partial charge on any atom is -0.322 e. The van der Waals surface area contributed by atoms with Gasteiger partial charge in [-0.3, -0.25) is 19.7 Å². The third kappa shape index (κ3) is 4.20. The molecule has 10 heteroatoms. The lowest BCUT2D eigenvalue weighted by Gasteiger charge is -2.32. The maximum absolute atomic E-state index is 12.9. The second kappa shape index (κ2) is 7.99. The van der Waals surface area contributed by atoms with Gasteiger partial charge < -0.3 is 15.5 Å². The van der Waals surface area contributed by atoms with Crippen LogP contribution in [0.5, 0.6) is 0 Å². The van der Waals surface area contributed by atoms with Crippen LogP contribution in [-0.4, -0.2) is 53.5 Å². The van der Waals surface area contributed by atoms with Crippen LogP contribution < -0.4 is 16.0 Å². The molecule has 7 nitrogen and oxygen atoms in total. The van der Waals surface area contributed by atoms with Crippen molar-refractivity contribution in [2.75, 3.05) is 6.54 Å². The van der Waals surface area contributed by atoms with E-state index in [1.54, 1.807) is 6.07 Å². The standard InChI is InChI=1S/C20H23F3N4O3/c21-20(22,23)16-8-13(5-6-24-16)25-9-11-1-2-12-10-27(19(30)14(12)7-11)15-3-4-17(28)26-18(15)29/h1-2,7,13,15-16,24-25H,3-6,8-10H2,(H,26,28,29). The Labute approximate surface area is 171 Å². The van der Waals surface area contributed by atoms with Crippen LogP contribution in [0.1, 0.15) is 47.2 Å². The molecule has 0 aromatic heterocycles. The molecule has 1 aromatic rings. The molecule has 3 aliphatic heterocycles. The average molecular weight is 424 g/mol. The topological polar surface area (TPSA) is 90.5 Å². The summed E-state index contributed by atoms with van der Waals surface area (Å²) in [5.74, 6) is -1.06. The summed E-state index contributed by atoms with van der Waals surface area (Å²) in [7, 11) is 0. The minimum atomic E-state index is -4.26. The van der Waals surface area contributed by atoms with Crippen LogP contribution in [0.3, 0.4) is 0 Å². The van der Waals surface area contributed by atoms with Gasteiger partial charge in [0, 0.05) is 31.1 Å². The zero-order chi connectivity index (χ0) is 21.5. The molecule has 0 saturated carbocycles. The fourth-order valence-electron chi connectivity index (χ4n) is 4.33. The van der Waals surface area contributed by atoms with Gasteiger partial charge in [-0.1, -0.05) is 12.1 Å². The van der Waals surface area contributed by atoms with E-state index >= 15 is 0 Å². The third-order valence-electron chi connectivity index (χ3n) is 5.99. The Bertz CT molecular complexity index is 873. The van der Waals surface area contributed by atoms with Gasteiger partial charge in [-0.2, -0.15) is 13.2 Å². The summed E-state index contributed by atoms with van der Waals surface area (Å²) < 4.78 is 38.8. The van der Waals surface area contributed by atoms with Crippen LogP contribution in [0, 0.1) is 0 Å². The number of fused-ring (bicyclic) bond motifs is 1. The van der Waals surface area contributed by atoms with Gasteiger partial charge in [0.05, 0.1) is 0 Å². The lowest BCUT2D eigenvalue weighted by Crippen LogP contribution is -2.52. The van der Waals surface area contributed by atoms with E-state index in [0.29, 0.717) is 38.0 Å². The van der Waals surface area contributed by atoms with E-state index in [1.807, 2.05) is 12.1 Å². The number of alkyl halides is 3. The zero-order valence-corrected chi connectivity index (χ0v) is 16.2. The number of hydrogen-bond donors (Lipinski definition) is 3. The number of halogens is 3. The number of imide groups is 1. The number of hydrogen-bond acceptors (Lipinski definition) is 5. The lowest BCUT2D eigenvalue weighted by atomic mass is 9.98. The Morgan fingerprint density at radius 3 is 2.70 bits per heavy atom. The first-order valence-electron chi connectivity index (χ1n) is 10.0. The molecule has 30 heavy (non-hydrogen) atoms. The summed E-state index contributed by atoms with van der Waals surface area (Å²) in [6.45, 7) is 0.954. The highest BCUT2D eigenvalue weighted by Gasteiger charge is 2.42. The molecule has 1 aromatic carbocycles. The number of carbonyl (C=O) groups excluding carboxylic acids is 3. The molecule has 0 aliphatic carbocycles. The van der Waals surface area contributed by atoms with Crippen LogP contribution in [0.15, 0.2) is 18.2 Å². The van der Waals surface area contributed by atoms with Crippen molar-refractivity contribution in [1.82, 2.24) is 20.9 Å². The first kappa shape index (κ1) is 20.8. The summed E-state index contributed by atoms with van der Waals surface area (Å²) in [6.07, 6.45) is -3.20. The molecule has 0 radical (unpaired) electrons. The normalized spacial score (nSPS) is 27.2. The van der Waals surface area contributed by atoms with Gasteiger partial charge in [0.1, 0.15) is 12.1 Å². The van der Waals surface area contributed by atoms with E-state index in [9.17, 15) is 27.6 Å². The van der Waals surface area contributed by atoms with E-state index < -0.39 is 24.2 Å². The third-order valence-corrected chi connectivity index (χ3v) is 5.99. The van der Waals surface area contributed by atoms with E-state index in [1.165, 1.54) is 4.90 Å². The number of nitrogens with one attached hydrogen (secondary N) is 3. The molecule has 162 valence electrons. The van der Waals surface area contributed by atoms with E-state index in [-0.39, 0.29) is 30.7 Å². The summed E-state index contributed by atoms with van der Waals surface area (Å²) in [5.41, 5.74) is 2.10. The Kier molecular flexibility index (Phi) is 5.54. The van der Waals surface area contributed by atoms with E-state index in [0.717, 1.165) is 11.1 Å². The average Bonchev–Trinajstić information content (AvgIpc) is 3.02. The van der Waals surface area contributed by atoms with Gasteiger partial charge in [-0.15, -0.1) is 0 Å². The van der Waals surface area contributed by atoms with Crippen LogP contribution in [0.4, 0.5) is 13.2 Å². The Morgan fingerprint density at radius 2 is 1.97 bits per heavy atom. The van der Waals surface area contributed by atoms with Gasteiger partial charge in [-0.05, 0) is 43.0 Å². The van der Waals surface area contributed by atoms with E-state index in [2.05, 4.69) is 16.0 Å². The van der Waals surface area contributed by atoms with Crippen molar-refractivity contribution >= 4 is 17.7 Å². The molecular formula is C20H23F3N4O3. The predicted molar refractivity (Wildman–Crippen MR) is 100 cm³/mol. The Hall–Kier alpha value is -2.46. The summed E-state index contributed by atoms with van der Waals surface area (Å²) in [5, 5.41) is 7.94. The molecule has 3 amide bonds. The van der Waals surface area contributed by atoms with Crippen LogP contribution in [-0.2, 0) is 22.7 Å². The zero-order valence-electron chi connectivity index (χ0n) is 16.2. The van der Waals surface area contributed by atoms with Crippen LogP contribution in [0.25, 0.3) is 0 Å². The minimum absolute atomic E-state index is 0.0311. The summed E-state index contributed by atoms with van der Waals surface area (Å²) in [4.78, 5) is 37.8. The smallest absolute Gasteiger partial charge is 0.322 e. The maximum atomic E-state index is 12.9. The SMILES string of the molecule is O=C1CCC(N2Cc3ccc(CNC4CCNC(C(F)(F)F)C4)cc3C2=O)C(=O)N1. The number of rotatable bonds is 4.